The second-order valence-electron chi connectivity index (χ2n) is 6.11. The molecule has 0 radical (unpaired) electrons. The van der Waals surface area contributed by atoms with Crippen LogP contribution in [0.25, 0.3) is 0 Å². The number of fused-ring (bicyclic) bond motifs is 1. The summed E-state index contributed by atoms with van der Waals surface area (Å²) in [4.78, 5) is 23.1. The molecule has 7 nitrogen and oxygen atoms in total. The number of aromatic nitrogens is 2. The van der Waals surface area contributed by atoms with E-state index in [0.29, 0.717) is 28.8 Å². The Kier molecular flexibility index (Phi) is 4.33. The van der Waals surface area contributed by atoms with E-state index in [0.717, 1.165) is 11.4 Å². The maximum absolute atomic E-state index is 12.8. The number of carbonyl (C=O) groups is 1. The SMILES string of the molecule is Cc1cc(C(=O)N(C)c2ccccc2)nc(Nc2ccc3c(c2)OCO3)n1. The van der Waals surface area contributed by atoms with E-state index in [9.17, 15) is 4.79 Å². The second kappa shape index (κ2) is 6.95. The molecule has 27 heavy (non-hydrogen) atoms. The molecule has 7 heteroatoms. The highest BCUT2D eigenvalue weighted by atomic mass is 16.7. The fraction of sp³-hybridized carbons (Fsp3) is 0.150. The number of hydrogen-bond acceptors (Lipinski definition) is 6. The first-order valence-corrected chi connectivity index (χ1v) is 8.45. The monoisotopic (exact) mass is 362 g/mol. The number of hydrogen-bond donors (Lipinski definition) is 1. The van der Waals surface area contributed by atoms with Crippen LogP contribution in [0.5, 0.6) is 11.5 Å². The molecule has 0 atom stereocenters. The minimum absolute atomic E-state index is 0.208. The van der Waals surface area contributed by atoms with Crippen molar-refractivity contribution in [3.8, 4) is 11.5 Å². The first-order valence-electron chi connectivity index (χ1n) is 8.45. The number of benzene rings is 2. The van der Waals surface area contributed by atoms with Crippen LogP contribution in [-0.2, 0) is 0 Å². The average Bonchev–Trinajstić information content (AvgIpc) is 3.15. The van der Waals surface area contributed by atoms with Crippen molar-refractivity contribution < 1.29 is 14.3 Å². The molecule has 1 aliphatic rings. The molecule has 0 saturated carbocycles. The van der Waals surface area contributed by atoms with Crippen molar-refractivity contribution in [1.82, 2.24) is 9.97 Å². The molecule has 2 heterocycles. The van der Waals surface area contributed by atoms with Crippen molar-refractivity contribution in [2.75, 3.05) is 24.1 Å². The van der Waals surface area contributed by atoms with E-state index in [1.807, 2.05) is 55.5 Å². The van der Waals surface area contributed by atoms with Crippen LogP contribution in [0.2, 0.25) is 0 Å². The third-order valence-electron chi connectivity index (χ3n) is 4.15. The van der Waals surface area contributed by atoms with Crippen molar-refractivity contribution >= 4 is 23.2 Å². The highest BCUT2D eigenvalue weighted by Crippen LogP contribution is 2.34. The van der Waals surface area contributed by atoms with Gasteiger partial charge in [0.15, 0.2) is 11.5 Å². The van der Waals surface area contributed by atoms with E-state index in [4.69, 9.17) is 9.47 Å². The molecule has 1 amide bonds. The van der Waals surface area contributed by atoms with Gasteiger partial charge >= 0.3 is 0 Å². The molecule has 136 valence electrons. The molecule has 3 aromatic rings. The van der Waals surface area contributed by atoms with Gasteiger partial charge in [0.2, 0.25) is 12.7 Å². The summed E-state index contributed by atoms with van der Waals surface area (Å²) in [6.45, 7) is 2.04. The first kappa shape index (κ1) is 16.8. The molecule has 0 fully saturated rings. The van der Waals surface area contributed by atoms with Gasteiger partial charge in [-0.05, 0) is 37.3 Å². The lowest BCUT2D eigenvalue weighted by Crippen LogP contribution is -2.27. The highest BCUT2D eigenvalue weighted by Gasteiger charge is 2.18. The summed E-state index contributed by atoms with van der Waals surface area (Å²) in [5.74, 6) is 1.50. The zero-order valence-corrected chi connectivity index (χ0v) is 15.0. The van der Waals surface area contributed by atoms with Crippen molar-refractivity contribution in [1.29, 1.82) is 0 Å². The van der Waals surface area contributed by atoms with Gasteiger partial charge in [0.05, 0.1) is 0 Å². The predicted octanol–water partition coefficient (Wildman–Crippen LogP) is 3.53. The molecule has 1 aliphatic heterocycles. The first-order chi connectivity index (χ1) is 13.1. The van der Waals surface area contributed by atoms with Gasteiger partial charge in [-0.3, -0.25) is 4.79 Å². The Labute approximate surface area is 156 Å². The maximum Gasteiger partial charge on any atom is 0.276 e. The quantitative estimate of drug-likeness (QED) is 0.765. The van der Waals surface area contributed by atoms with Gasteiger partial charge in [-0.15, -0.1) is 0 Å². The number of ether oxygens (including phenoxy) is 2. The number of rotatable bonds is 4. The summed E-state index contributed by atoms with van der Waals surface area (Å²) in [5, 5.41) is 3.12. The Hall–Kier alpha value is -3.61. The molecular weight excluding hydrogens is 344 g/mol. The lowest BCUT2D eigenvalue weighted by Gasteiger charge is -2.17. The molecular formula is C20H18N4O3. The van der Waals surface area contributed by atoms with E-state index >= 15 is 0 Å². The Morgan fingerprint density at radius 3 is 2.63 bits per heavy atom. The number of para-hydroxylation sites is 1. The second-order valence-corrected chi connectivity index (χ2v) is 6.11. The van der Waals surface area contributed by atoms with Crippen LogP contribution in [0.1, 0.15) is 16.2 Å². The number of amides is 1. The maximum atomic E-state index is 12.8. The molecule has 0 saturated heterocycles. The third kappa shape index (κ3) is 3.52. The van der Waals surface area contributed by atoms with Crippen LogP contribution in [0, 0.1) is 6.92 Å². The molecule has 2 aromatic carbocycles. The van der Waals surface area contributed by atoms with Crippen molar-refractivity contribution in [2.24, 2.45) is 0 Å². The number of anilines is 3. The third-order valence-corrected chi connectivity index (χ3v) is 4.15. The van der Waals surface area contributed by atoms with Gasteiger partial charge in [0.1, 0.15) is 5.69 Å². The Bertz CT molecular complexity index is 992. The summed E-state index contributed by atoms with van der Waals surface area (Å²) < 4.78 is 10.7. The fourth-order valence-corrected chi connectivity index (χ4v) is 2.78. The zero-order chi connectivity index (χ0) is 18.8. The summed E-state index contributed by atoms with van der Waals surface area (Å²) in [6, 6.07) is 16.6. The Balaban J connectivity index is 1.59. The van der Waals surface area contributed by atoms with Gasteiger partial charge < -0.3 is 19.7 Å². The van der Waals surface area contributed by atoms with Gasteiger partial charge in [0, 0.05) is 30.2 Å². The molecule has 0 spiro atoms. The van der Waals surface area contributed by atoms with Crippen molar-refractivity contribution in [2.45, 2.75) is 6.92 Å². The summed E-state index contributed by atoms with van der Waals surface area (Å²) in [7, 11) is 1.72. The van der Waals surface area contributed by atoms with Crippen LogP contribution >= 0.6 is 0 Å². The van der Waals surface area contributed by atoms with E-state index in [2.05, 4.69) is 15.3 Å². The molecule has 1 aromatic heterocycles. The number of carbonyl (C=O) groups excluding carboxylic acids is 1. The van der Waals surface area contributed by atoms with Crippen LogP contribution in [0.15, 0.2) is 54.6 Å². The molecule has 4 rings (SSSR count). The molecule has 0 unspecified atom stereocenters. The van der Waals surface area contributed by atoms with E-state index in [-0.39, 0.29) is 12.7 Å². The Morgan fingerprint density at radius 2 is 1.81 bits per heavy atom. The summed E-state index contributed by atoms with van der Waals surface area (Å²) >= 11 is 0. The number of nitrogens with zero attached hydrogens (tertiary/aromatic N) is 3. The van der Waals surface area contributed by atoms with Crippen LogP contribution < -0.4 is 19.7 Å². The minimum Gasteiger partial charge on any atom is -0.454 e. The molecule has 1 N–H and O–H groups in total. The standard InChI is InChI=1S/C20H18N4O3/c1-13-10-16(19(25)24(2)15-6-4-3-5-7-15)23-20(21-13)22-14-8-9-17-18(11-14)27-12-26-17/h3-11H,12H2,1-2H3,(H,21,22,23). The highest BCUT2D eigenvalue weighted by molar-refractivity contribution is 6.04. The van der Waals surface area contributed by atoms with Gasteiger partial charge in [-0.1, -0.05) is 18.2 Å². The zero-order valence-electron chi connectivity index (χ0n) is 15.0. The topological polar surface area (TPSA) is 76.6 Å². The van der Waals surface area contributed by atoms with Crippen LogP contribution in [0.4, 0.5) is 17.3 Å². The van der Waals surface area contributed by atoms with E-state index in [1.54, 1.807) is 18.0 Å². The van der Waals surface area contributed by atoms with Gasteiger partial charge in [-0.2, -0.15) is 0 Å². The average molecular weight is 362 g/mol. The number of nitrogens with one attached hydrogen (secondary N) is 1. The summed E-state index contributed by atoms with van der Waals surface area (Å²) in [5.41, 5.74) is 2.55. The van der Waals surface area contributed by atoms with E-state index in [1.165, 1.54) is 0 Å². The summed E-state index contributed by atoms with van der Waals surface area (Å²) in [6.07, 6.45) is 0. The van der Waals surface area contributed by atoms with Crippen molar-refractivity contribution in [3.63, 3.8) is 0 Å². The normalized spacial score (nSPS) is 11.9. The van der Waals surface area contributed by atoms with Gasteiger partial charge in [-0.25, -0.2) is 9.97 Å². The van der Waals surface area contributed by atoms with Crippen molar-refractivity contribution in [3.05, 3.63) is 66.0 Å². The van der Waals surface area contributed by atoms with Gasteiger partial charge in [0.25, 0.3) is 5.91 Å². The fourth-order valence-electron chi connectivity index (χ4n) is 2.78. The number of aryl methyl sites for hydroxylation is 1. The molecule has 0 bridgehead atoms. The predicted molar refractivity (Wildman–Crippen MR) is 102 cm³/mol. The lowest BCUT2D eigenvalue weighted by molar-refractivity contribution is 0.0988. The largest absolute Gasteiger partial charge is 0.454 e. The molecule has 0 aliphatic carbocycles. The van der Waals surface area contributed by atoms with Crippen LogP contribution in [-0.4, -0.2) is 29.7 Å². The smallest absolute Gasteiger partial charge is 0.276 e. The van der Waals surface area contributed by atoms with E-state index < -0.39 is 0 Å². The Morgan fingerprint density at radius 1 is 1.04 bits per heavy atom. The van der Waals surface area contributed by atoms with Crippen LogP contribution in [0.3, 0.4) is 0 Å². The lowest BCUT2D eigenvalue weighted by atomic mass is 10.2. The minimum atomic E-state index is -0.208.